The van der Waals surface area contributed by atoms with Crippen LogP contribution in [0.4, 0.5) is 6.01 Å². The molecule has 0 saturated carbocycles. The van der Waals surface area contributed by atoms with Gasteiger partial charge in [0.05, 0.1) is 24.2 Å². The fourth-order valence-electron chi connectivity index (χ4n) is 3.63. The Balaban J connectivity index is 1.64. The zero-order chi connectivity index (χ0) is 21.0. The van der Waals surface area contributed by atoms with Crippen LogP contribution in [0.25, 0.3) is 22.1 Å². The fraction of sp³-hybridized carbons (Fsp3) is 0.208. The highest BCUT2D eigenvalue weighted by atomic mass is 16.5. The molecular formula is C24H21N3O4. The van der Waals surface area contributed by atoms with E-state index in [4.69, 9.17) is 13.9 Å². The first kappa shape index (κ1) is 19.3. The second-order valence-corrected chi connectivity index (χ2v) is 7.23. The highest BCUT2D eigenvalue weighted by Crippen LogP contribution is 2.37. The van der Waals surface area contributed by atoms with Gasteiger partial charge in [-0.05, 0) is 23.8 Å². The van der Waals surface area contributed by atoms with Crippen molar-refractivity contribution in [1.29, 1.82) is 0 Å². The molecule has 0 unspecified atom stereocenters. The maximum Gasteiger partial charge on any atom is 0.301 e. The number of hydrogen-bond donors (Lipinski definition) is 0. The molecule has 2 aromatic heterocycles. The first-order chi connectivity index (χ1) is 15.3. The van der Waals surface area contributed by atoms with E-state index >= 15 is 0 Å². The van der Waals surface area contributed by atoms with Crippen LogP contribution >= 0.6 is 0 Å². The van der Waals surface area contributed by atoms with Gasteiger partial charge in [0.2, 0.25) is 0 Å². The summed E-state index contributed by atoms with van der Waals surface area (Å²) in [5.41, 5.74) is 2.65. The molecule has 2 aromatic carbocycles. The Bertz CT molecular complexity index is 1240. The fourth-order valence-corrected chi connectivity index (χ4v) is 3.63. The molecular weight excluding hydrogens is 394 g/mol. The number of morpholine rings is 1. The van der Waals surface area contributed by atoms with Crippen LogP contribution in [0.3, 0.4) is 0 Å². The number of pyridine rings is 1. The van der Waals surface area contributed by atoms with E-state index in [1.54, 1.807) is 24.5 Å². The van der Waals surface area contributed by atoms with E-state index in [1.807, 2.05) is 47.4 Å². The van der Waals surface area contributed by atoms with Crippen LogP contribution < -0.4 is 15.2 Å². The number of rotatable bonds is 5. The monoisotopic (exact) mass is 415 g/mol. The van der Waals surface area contributed by atoms with E-state index in [2.05, 4.69) is 9.97 Å². The van der Waals surface area contributed by atoms with Crippen molar-refractivity contribution < 1.29 is 13.9 Å². The zero-order valence-corrected chi connectivity index (χ0v) is 16.9. The van der Waals surface area contributed by atoms with Gasteiger partial charge in [-0.1, -0.05) is 36.4 Å². The van der Waals surface area contributed by atoms with Crippen molar-refractivity contribution in [3.63, 3.8) is 0 Å². The molecule has 1 saturated heterocycles. The first-order valence-corrected chi connectivity index (χ1v) is 10.2. The minimum absolute atomic E-state index is 0.297. The van der Waals surface area contributed by atoms with Gasteiger partial charge in [-0.15, -0.1) is 0 Å². The maximum absolute atomic E-state index is 12.8. The van der Waals surface area contributed by atoms with Crippen molar-refractivity contribution in [3.05, 3.63) is 82.9 Å². The number of benzene rings is 2. The smallest absolute Gasteiger partial charge is 0.301 e. The van der Waals surface area contributed by atoms with Gasteiger partial charge in [0.1, 0.15) is 12.4 Å². The summed E-state index contributed by atoms with van der Waals surface area (Å²) in [4.78, 5) is 23.2. The normalized spacial score (nSPS) is 14.0. The number of ether oxygens (including phenoxy) is 2. The predicted molar refractivity (Wildman–Crippen MR) is 117 cm³/mol. The predicted octanol–water partition coefficient (Wildman–Crippen LogP) is 3.67. The summed E-state index contributed by atoms with van der Waals surface area (Å²) in [5, 5.41) is 0.405. The molecule has 1 aliphatic heterocycles. The van der Waals surface area contributed by atoms with Crippen LogP contribution in [0.1, 0.15) is 5.56 Å². The highest BCUT2D eigenvalue weighted by molar-refractivity contribution is 5.95. The third kappa shape index (κ3) is 4.00. The Morgan fingerprint density at radius 1 is 1.00 bits per heavy atom. The number of aromatic nitrogens is 2. The van der Waals surface area contributed by atoms with E-state index in [0.29, 0.717) is 61.2 Å². The summed E-state index contributed by atoms with van der Waals surface area (Å²) < 4.78 is 17.8. The van der Waals surface area contributed by atoms with E-state index < -0.39 is 0 Å². The van der Waals surface area contributed by atoms with Crippen LogP contribution in [0, 0.1) is 0 Å². The Hall–Kier alpha value is -3.71. The van der Waals surface area contributed by atoms with Gasteiger partial charge in [0, 0.05) is 31.0 Å². The van der Waals surface area contributed by atoms with E-state index in [1.165, 1.54) is 0 Å². The standard InChI is InChI=1S/C24H21N3O4/c28-23-19-8-9-20(30-16-17-5-2-1-3-6-17)21(18-7-4-10-25-15-18)22(19)31-24(26-23)27-11-13-29-14-12-27/h1-10,15H,11-14,16H2. The molecule has 0 N–H and O–H groups in total. The third-order valence-electron chi connectivity index (χ3n) is 5.21. The molecule has 7 heteroatoms. The lowest BCUT2D eigenvalue weighted by Crippen LogP contribution is -2.37. The second-order valence-electron chi connectivity index (χ2n) is 7.23. The molecule has 0 spiro atoms. The summed E-state index contributed by atoms with van der Waals surface area (Å²) >= 11 is 0. The Morgan fingerprint density at radius 2 is 1.84 bits per heavy atom. The lowest BCUT2D eigenvalue weighted by atomic mass is 10.0. The molecule has 1 aliphatic rings. The van der Waals surface area contributed by atoms with E-state index in [9.17, 15) is 4.79 Å². The van der Waals surface area contributed by atoms with Crippen molar-refractivity contribution >= 4 is 17.0 Å². The molecule has 0 bridgehead atoms. The van der Waals surface area contributed by atoms with Crippen LogP contribution in [0.15, 0.2) is 76.2 Å². The summed E-state index contributed by atoms with van der Waals surface area (Å²) in [6.45, 7) is 2.77. The molecule has 156 valence electrons. The van der Waals surface area contributed by atoms with Crippen LogP contribution in [0.2, 0.25) is 0 Å². The highest BCUT2D eigenvalue weighted by Gasteiger charge is 2.21. The summed E-state index contributed by atoms with van der Waals surface area (Å²) in [6, 6.07) is 17.5. The summed E-state index contributed by atoms with van der Waals surface area (Å²) in [7, 11) is 0. The maximum atomic E-state index is 12.8. The van der Waals surface area contributed by atoms with Crippen molar-refractivity contribution in [2.75, 3.05) is 31.2 Å². The van der Waals surface area contributed by atoms with Crippen LogP contribution in [0.5, 0.6) is 5.75 Å². The van der Waals surface area contributed by atoms with Crippen molar-refractivity contribution in [3.8, 4) is 16.9 Å². The molecule has 7 nitrogen and oxygen atoms in total. The van der Waals surface area contributed by atoms with Gasteiger partial charge in [-0.2, -0.15) is 4.98 Å². The Kier molecular flexibility index (Phi) is 5.33. The molecule has 4 aromatic rings. The van der Waals surface area contributed by atoms with Crippen molar-refractivity contribution in [2.45, 2.75) is 6.61 Å². The molecule has 3 heterocycles. The quantitative estimate of drug-likeness (QED) is 0.492. The van der Waals surface area contributed by atoms with Gasteiger partial charge in [0.15, 0.2) is 5.58 Å². The largest absolute Gasteiger partial charge is 0.488 e. The minimum Gasteiger partial charge on any atom is -0.488 e. The molecule has 0 amide bonds. The van der Waals surface area contributed by atoms with Crippen molar-refractivity contribution in [1.82, 2.24) is 9.97 Å². The van der Waals surface area contributed by atoms with E-state index in [0.717, 1.165) is 11.1 Å². The zero-order valence-electron chi connectivity index (χ0n) is 16.9. The topological polar surface area (TPSA) is 77.7 Å². The third-order valence-corrected chi connectivity index (χ3v) is 5.21. The van der Waals surface area contributed by atoms with Crippen molar-refractivity contribution in [2.24, 2.45) is 0 Å². The number of hydrogen-bond acceptors (Lipinski definition) is 7. The van der Waals surface area contributed by atoms with Gasteiger partial charge in [0.25, 0.3) is 5.56 Å². The molecule has 5 rings (SSSR count). The van der Waals surface area contributed by atoms with Gasteiger partial charge in [-0.25, -0.2) is 0 Å². The Morgan fingerprint density at radius 3 is 2.61 bits per heavy atom. The molecule has 0 atom stereocenters. The number of fused-ring (bicyclic) bond motifs is 1. The Labute approximate surface area is 178 Å². The lowest BCUT2D eigenvalue weighted by Gasteiger charge is -2.26. The van der Waals surface area contributed by atoms with Gasteiger partial charge >= 0.3 is 6.01 Å². The van der Waals surface area contributed by atoms with Gasteiger partial charge < -0.3 is 18.8 Å². The molecule has 0 radical (unpaired) electrons. The number of anilines is 1. The first-order valence-electron chi connectivity index (χ1n) is 10.2. The minimum atomic E-state index is -0.331. The van der Waals surface area contributed by atoms with Crippen LogP contribution in [-0.4, -0.2) is 36.3 Å². The van der Waals surface area contributed by atoms with Gasteiger partial charge in [-0.3, -0.25) is 9.78 Å². The number of nitrogens with zero attached hydrogens (tertiary/aromatic N) is 3. The average molecular weight is 415 g/mol. The molecule has 0 aliphatic carbocycles. The van der Waals surface area contributed by atoms with Crippen LogP contribution in [-0.2, 0) is 11.3 Å². The van der Waals surface area contributed by atoms with E-state index in [-0.39, 0.29) is 5.56 Å². The lowest BCUT2D eigenvalue weighted by molar-refractivity contribution is 0.120. The molecule has 1 fully saturated rings. The summed E-state index contributed by atoms with van der Waals surface area (Å²) in [5.74, 6) is 0.617. The second kappa shape index (κ2) is 8.57. The SMILES string of the molecule is O=c1nc(N2CCOCC2)oc2c(-c3cccnc3)c(OCc3ccccc3)ccc12. The molecule has 31 heavy (non-hydrogen) atoms. The average Bonchev–Trinajstić information content (AvgIpc) is 2.84. The summed E-state index contributed by atoms with van der Waals surface area (Å²) in [6.07, 6.45) is 3.44.